The lowest BCUT2D eigenvalue weighted by atomic mass is 9.86. The number of rotatable bonds is 4. The second-order valence-corrected chi connectivity index (χ2v) is 9.36. The van der Waals surface area contributed by atoms with E-state index >= 15 is 0 Å². The molecule has 1 heterocycles. The molecule has 2 aliphatic rings. The normalized spacial score (nSPS) is 25.0. The summed E-state index contributed by atoms with van der Waals surface area (Å²) in [5.74, 6) is -0.748. The van der Waals surface area contributed by atoms with Crippen molar-refractivity contribution in [2.75, 3.05) is 13.1 Å². The van der Waals surface area contributed by atoms with Crippen LogP contribution in [-0.4, -0.2) is 37.8 Å². The van der Waals surface area contributed by atoms with Gasteiger partial charge in [0.25, 0.3) is 5.91 Å². The predicted molar refractivity (Wildman–Crippen MR) is 97.9 cm³/mol. The van der Waals surface area contributed by atoms with Crippen LogP contribution in [-0.2, 0) is 10.0 Å². The summed E-state index contributed by atoms with van der Waals surface area (Å²) in [6, 6.07) is 3.70. The van der Waals surface area contributed by atoms with Gasteiger partial charge in [-0.15, -0.1) is 0 Å². The standard InChI is InChI=1S/C19H27FN2O3S/c1-14-7-3-4-8-17(14)21-19(23)15-9-10-16(20)18(13-15)26(24,25)22-11-5-2-6-12-22/h9-10,13-14,17H,2-8,11-12H2,1H3,(H,21,23). The van der Waals surface area contributed by atoms with E-state index in [-0.39, 0.29) is 17.5 Å². The highest BCUT2D eigenvalue weighted by atomic mass is 32.2. The van der Waals surface area contributed by atoms with Crippen LogP contribution in [0.4, 0.5) is 4.39 Å². The van der Waals surface area contributed by atoms with Crippen LogP contribution in [0.15, 0.2) is 23.1 Å². The van der Waals surface area contributed by atoms with E-state index in [0.29, 0.717) is 19.0 Å². The third kappa shape index (κ3) is 4.09. The van der Waals surface area contributed by atoms with Crippen LogP contribution in [0.3, 0.4) is 0 Å². The number of hydrogen-bond acceptors (Lipinski definition) is 3. The highest BCUT2D eigenvalue weighted by Crippen LogP contribution is 2.26. The number of benzene rings is 1. The topological polar surface area (TPSA) is 66.5 Å². The van der Waals surface area contributed by atoms with Gasteiger partial charge < -0.3 is 5.32 Å². The lowest BCUT2D eigenvalue weighted by Crippen LogP contribution is -2.41. The maximum absolute atomic E-state index is 14.3. The van der Waals surface area contributed by atoms with E-state index in [9.17, 15) is 17.6 Å². The Hall–Kier alpha value is -1.47. The number of sulfonamides is 1. The Balaban J connectivity index is 1.81. The van der Waals surface area contributed by atoms with Crippen LogP contribution in [0.1, 0.15) is 62.2 Å². The minimum absolute atomic E-state index is 0.0865. The number of nitrogens with one attached hydrogen (secondary N) is 1. The van der Waals surface area contributed by atoms with Gasteiger partial charge in [-0.25, -0.2) is 12.8 Å². The lowest BCUT2D eigenvalue weighted by Gasteiger charge is -2.29. The Morgan fingerprint density at radius 1 is 1.12 bits per heavy atom. The van der Waals surface area contributed by atoms with E-state index in [0.717, 1.165) is 44.6 Å². The molecule has 5 nitrogen and oxygen atoms in total. The minimum atomic E-state index is -3.91. The SMILES string of the molecule is CC1CCCCC1NC(=O)c1ccc(F)c(S(=O)(=O)N2CCCCC2)c1. The molecule has 26 heavy (non-hydrogen) atoms. The van der Waals surface area contributed by atoms with Crippen LogP contribution in [0.5, 0.6) is 0 Å². The van der Waals surface area contributed by atoms with Gasteiger partial charge in [0.2, 0.25) is 10.0 Å². The van der Waals surface area contributed by atoms with Crippen LogP contribution in [0.2, 0.25) is 0 Å². The molecule has 7 heteroatoms. The molecule has 3 rings (SSSR count). The molecule has 0 bridgehead atoms. The molecule has 1 saturated carbocycles. The Labute approximate surface area is 155 Å². The van der Waals surface area contributed by atoms with Crippen molar-refractivity contribution in [3.05, 3.63) is 29.6 Å². The molecule has 0 radical (unpaired) electrons. The van der Waals surface area contributed by atoms with E-state index in [1.807, 2.05) is 0 Å². The average Bonchev–Trinajstić information content (AvgIpc) is 2.64. The van der Waals surface area contributed by atoms with Crippen molar-refractivity contribution < 1.29 is 17.6 Å². The molecule has 1 amide bonds. The average molecular weight is 383 g/mol. The van der Waals surface area contributed by atoms with Crippen molar-refractivity contribution in [1.29, 1.82) is 0 Å². The second kappa shape index (κ2) is 8.05. The van der Waals surface area contributed by atoms with Crippen molar-refractivity contribution in [3.8, 4) is 0 Å². The van der Waals surface area contributed by atoms with E-state index in [2.05, 4.69) is 12.2 Å². The summed E-state index contributed by atoms with van der Waals surface area (Å²) < 4.78 is 41.1. The van der Waals surface area contributed by atoms with Gasteiger partial charge in [-0.2, -0.15) is 4.31 Å². The molecule has 2 fully saturated rings. The summed E-state index contributed by atoms with van der Waals surface area (Å²) in [4.78, 5) is 12.2. The van der Waals surface area contributed by atoms with Gasteiger partial charge in [-0.05, 0) is 49.8 Å². The molecule has 144 valence electrons. The van der Waals surface area contributed by atoms with Crippen molar-refractivity contribution in [2.24, 2.45) is 5.92 Å². The first kappa shape index (κ1) is 19.3. The molecular weight excluding hydrogens is 355 g/mol. The molecule has 2 atom stereocenters. The molecule has 1 N–H and O–H groups in total. The largest absolute Gasteiger partial charge is 0.349 e. The summed E-state index contributed by atoms with van der Waals surface area (Å²) in [5.41, 5.74) is 0.194. The monoisotopic (exact) mass is 382 g/mol. The fraction of sp³-hybridized carbons (Fsp3) is 0.632. The second-order valence-electron chi connectivity index (χ2n) is 7.45. The molecule has 1 aliphatic carbocycles. The van der Waals surface area contributed by atoms with Crippen LogP contribution < -0.4 is 5.32 Å². The molecule has 1 aliphatic heterocycles. The molecule has 1 aromatic carbocycles. The van der Waals surface area contributed by atoms with Crippen molar-refractivity contribution in [1.82, 2.24) is 9.62 Å². The first-order valence-corrected chi connectivity index (χ1v) is 10.9. The van der Waals surface area contributed by atoms with Gasteiger partial charge >= 0.3 is 0 Å². The smallest absolute Gasteiger partial charge is 0.251 e. The van der Waals surface area contributed by atoms with E-state index in [1.54, 1.807) is 0 Å². The third-order valence-corrected chi connectivity index (χ3v) is 7.47. The predicted octanol–water partition coefficient (Wildman–Crippen LogP) is 3.31. The molecule has 1 saturated heterocycles. The summed E-state index contributed by atoms with van der Waals surface area (Å²) >= 11 is 0. The molecule has 2 unspecified atom stereocenters. The van der Waals surface area contributed by atoms with E-state index in [1.165, 1.54) is 22.9 Å². The summed E-state index contributed by atoms with van der Waals surface area (Å²) in [6.45, 7) is 2.91. The van der Waals surface area contributed by atoms with Gasteiger partial charge in [0.1, 0.15) is 10.7 Å². The minimum Gasteiger partial charge on any atom is -0.349 e. The first-order valence-electron chi connectivity index (χ1n) is 9.50. The Bertz CT molecular complexity index is 760. The van der Waals surface area contributed by atoms with Crippen LogP contribution in [0.25, 0.3) is 0 Å². The van der Waals surface area contributed by atoms with E-state index < -0.39 is 20.7 Å². The van der Waals surface area contributed by atoms with Crippen LogP contribution in [0, 0.1) is 11.7 Å². The highest BCUT2D eigenvalue weighted by Gasteiger charge is 2.30. The van der Waals surface area contributed by atoms with Crippen LogP contribution >= 0.6 is 0 Å². The van der Waals surface area contributed by atoms with E-state index in [4.69, 9.17) is 0 Å². The maximum atomic E-state index is 14.3. The lowest BCUT2D eigenvalue weighted by molar-refractivity contribution is 0.0910. The number of amides is 1. The van der Waals surface area contributed by atoms with Gasteiger partial charge in [0, 0.05) is 24.7 Å². The Morgan fingerprint density at radius 2 is 1.81 bits per heavy atom. The van der Waals surface area contributed by atoms with Crippen molar-refractivity contribution >= 4 is 15.9 Å². The molecular formula is C19H27FN2O3S. The number of carbonyl (C=O) groups is 1. The zero-order valence-electron chi connectivity index (χ0n) is 15.2. The van der Waals surface area contributed by atoms with Gasteiger partial charge in [0.05, 0.1) is 0 Å². The molecule has 1 aromatic rings. The Morgan fingerprint density at radius 3 is 2.50 bits per heavy atom. The number of nitrogens with zero attached hydrogens (tertiary/aromatic N) is 1. The maximum Gasteiger partial charge on any atom is 0.251 e. The molecule has 0 aromatic heterocycles. The fourth-order valence-electron chi connectivity index (χ4n) is 3.87. The summed E-state index contributed by atoms with van der Waals surface area (Å²) in [6.07, 6.45) is 6.78. The summed E-state index contributed by atoms with van der Waals surface area (Å²) in [7, 11) is -3.91. The number of halogens is 1. The number of piperidine rings is 1. The third-order valence-electron chi connectivity index (χ3n) is 5.55. The van der Waals surface area contributed by atoms with Crippen molar-refractivity contribution in [3.63, 3.8) is 0 Å². The first-order chi connectivity index (χ1) is 12.4. The van der Waals surface area contributed by atoms with Gasteiger partial charge in [-0.3, -0.25) is 4.79 Å². The van der Waals surface area contributed by atoms with Gasteiger partial charge in [0.15, 0.2) is 0 Å². The van der Waals surface area contributed by atoms with Gasteiger partial charge in [-0.1, -0.05) is 26.2 Å². The fourth-order valence-corrected chi connectivity index (χ4v) is 5.48. The molecule has 0 spiro atoms. The quantitative estimate of drug-likeness (QED) is 0.869. The Kier molecular flexibility index (Phi) is 5.97. The zero-order chi connectivity index (χ0) is 18.7. The summed E-state index contributed by atoms with van der Waals surface area (Å²) in [5, 5.41) is 2.99. The zero-order valence-corrected chi connectivity index (χ0v) is 16.0. The number of hydrogen-bond donors (Lipinski definition) is 1. The van der Waals surface area contributed by atoms with Crippen molar-refractivity contribution in [2.45, 2.75) is 62.8 Å². The number of carbonyl (C=O) groups excluding carboxylic acids is 1. The highest BCUT2D eigenvalue weighted by molar-refractivity contribution is 7.89.